The number of benzene rings is 1. The Hall–Kier alpha value is -1.59. The minimum Gasteiger partial charge on any atom is -0.492 e. The zero-order valence-corrected chi connectivity index (χ0v) is 11.8. The van der Waals surface area contributed by atoms with Gasteiger partial charge in [-0.2, -0.15) is 0 Å². The van der Waals surface area contributed by atoms with E-state index in [2.05, 4.69) is 16.8 Å². The van der Waals surface area contributed by atoms with Crippen molar-refractivity contribution in [3.8, 4) is 5.75 Å². The van der Waals surface area contributed by atoms with Crippen LogP contribution >= 0.6 is 0 Å². The smallest absolute Gasteiger partial charge is 0.335 e. The Morgan fingerprint density at radius 1 is 1.11 bits per heavy atom. The molecule has 19 heavy (non-hydrogen) atoms. The molecule has 5 nitrogen and oxygen atoms in total. The normalized spacial score (nSPS) is 11.0. The van der Waals surface area contributed by atoms with E-state index in [1.165, 1.54) is 0 Å². The van der Waals surface area contributed by atoms with E-state index in [1.807, 2.05) is 14.1 Å². The van der Waals surface area contributed by atoms with Crippen LogP contribution in [0.25, 0.3) is 0 Å². The number of likely N-dealkylation sites (N-methyl/N-ethyl adjacent to an activating group) is 2. The molecule has 0 aliphatic rings. The fraction of sp³-hybridized carbons (Fsp3) is 0.500. The number of nitrogens with zero attached hydrogens (tertiary/aromatic N) is 2. The molecule has 5 heteroatoms. The Balaban J connectivity index is 2.27. The first-order valence-electron chi connectivity index (χ1n) is 6.28. The summed E-state index contributed by atoms with van der Waals surface area (Å²) in [6.45, 7) is 3.45. The quantitative estimate of drug-likeness (QED) is 0.767. The SMILES string of the molecule is CN(C)CCN(C)CCOc1ccc(C(=O)O)cc1. The van der Waals surface area contributed by atoms with Crippen LogP contribution in [0, 0.1) is 0 Å². The second-order valence-corrected chi connectivity index (χ2v) is 4.78. The summed E-state index contributed by atoms with van der Waals surface area (Å²) in [5.41, 5.74) is 0.274. The monoisotopic (exact) mass is 266 g/mol. The molecule has 1 aromatic carbocycles. The Kier molecular flexibility index (Phi) is 6.32. The van der Waals surface area contributed by atoms with Gasteiger partial charge in [-0.3, -0.25) is 0 Å². The van der Waals surface area contributed by atoms with E-state index in [0.29, 0.717) is 12.4 Å². The Labute approximate surface area is 114 Å². The van der Waals surface area contributed by atoms with Gasteiger partial charge in [-0.25, -0.2) is 4.79 Å². The van der Waals surface area contributed by atoms with Gasteiger partial charge in [0.1, 0.15) is 12.4 Å². The summed E-state index contributed by atoms with van der Waals surface area (Å²) in [7, 11) is 6.16. The lowest BCUT2D eigenvalue weighted by atomic mass is 10.2. The van der Waals surface area contributed by atoms with Crippen LogP contribution in [0.3, 0.4) is 0 Å². The van der Waals surface area contributed by atoms with Crippen molar-refractivity contribution in [1.29, 1.82) is 0 Å². The largest absolute Gasteiger partial charge is 0.492 e. The van der Waals surface area contributed by atoms with E-state index in [0.717, 1.165) is 19.6 Å². The lowest BCUT2D eigenvalue weighted by Crippen LogP contribution is -2.31. The first kappa shape index (κ1) is 15.5. The topological polar surface area (TPSA) is 53.0 Å². The highest BCUT2D eigenvalue weighted by Crippen LogP contribution is 2.11. The van der Waals surface area contributed by atoms with Crippen molar-refractivity contribution in [2.75, 3.05) is 47.4 Å². The highest BCUT2D eigenvalue weighted by atomic mass is 16.5. The standard InChI is InChI=1S/C14H22N2O3/c1-15(2)8-9-16(3)10-11-19-13-6-4-12(5-7-13)14(17)18/h4-7H,8-11H2,1-3H3,(H,17,18). The maximum absolute atomic E-state index is 10.7. The van der Waals surface area contributed by atoms with Crippen LogP contribution in [0.5, 0.6) is 5.75 Å². The molecule has 1 N–H and O–H groups in total. The van der Waals surface area contributed by atoms with E-state index in [4.69, 9.17) is 9.84 Å². The number of carboxylic acid groups (broad SMARTS) is 1. The highest BCUT2D eigenvalue weighted by Gasteiger charge is 2.03. The molecule has 0 unspecified atom stereocenters. The summed E-state index contributed by atoms with van der Waals surface area (Å²) >= 11 is 0. The number of carboxylic acids is 1. The third kappa shape index (κ3) is 6.22. The van der Waals surface area contributed by atoms with E-state index in [1.54, 1.807) is 24.3 Å². The number of hydrogen-bond acceptors (Lipinski definition) is 4. The summed E-state index contributed by atoms with van der Waals surface area (Å²) in [6.07, 6.45) is 0. The first-order valence-corrected chi connectivity index (χ1v) is 6.28. The summed E-state index contributed by atoms with van der Waals surface area (Å²) in [5, 5.41) is 8.78. The molecule has 0 heterocycles. The van der Waals surface area contributed by atoms with Gasteiger partial charge in [-0.05, 0) is 45.4 Å². The van der Waals surface area contributed by atoms with Crippen molar-refractivity contribution < 1.29 is 14.6 Å². The Morgan fingerprint density at radius 2 is 1.74 bits per heavy atom. The fourth-order valence-corrected chi connectivity index (χ4v) is 1.50. The minimum absolute atomic E-state index is 0.274. The zero-order chi connectivity index (χ0) is 14.3. The van der Waals surface area contributed by atoms with E-state index >= 15 is 0 Å². The van der Waals surface area contributed by atoms with Crippen molar-refractivity contribution in [1.82, 2.24) is 9.80 Å². The molecular weight excluding hydrogens is 244 g/mol. The van der Waals surface area contributed by atoms with Gasteiger partial charge in [0.25, 0.3) is 0 Å². The van der Waals surface area contributed by atoms with Gasteiger partial charge in [0.15, 0.2) is 0 Å². The maximum Gasteiger partial charge on any atom is 0.335 e. The first-order chi connectivity index (χ1) is 8.99. The predicted molar refractivity (Wildman–Crippen MR) is 74.9 cm³/mol. The third-order valence-electron chi connectivity index (χ3n) is 2.77. The third-order valence-corrected chi connectivity index (χ3v) is 2.77. The maximum atomic E-state index is 10.7. The van der Waals surface area contributed by atoms with Gasteiger partial charge < -0.3 is 19.6 Å². The summed E-state index contributed by atoms with van der Waals surface area (Å²) in [6, 6.07) is 6.47. The molecule has 0 aliphatic heterocycles. The lowest BCUT2D eigenvalue weighted by Gasteiger charge is -2.19. The molecule has 0 spiro atoms. The summed E-state index contributed by atoms with van der Waals surface area (Å²) < 4.78 is 5.57. The molecule has 0 aromatic heterocycles. The molecule has 0 atom stereocenters. The molecule has 0 fully saturated rings. The minimum atomic E-state index is -0.921. The lowest BCUT2D eigenvalue weighted by molar-refractivity contribution is 0.0697. The van der Waals surface area contributed by atoms with Crippen LogP contribution in [0.2, 0.25) is 0 Å². The van der Waals surface area contributed by atoms with Gasteiger partial charge >= 0.3 is 5.97 Å². The van der Waals surface area contributed by atoms with Crippen molar-refractivity contribution in [2.24, 2.45) is 0 Å². The van der Waals surface area contributed by atoms with Crippen LogP contribution in [-0.4, -0.2) is 68.3 Å². The van der Waals surface area contributed by atoms with Crippen LogP contribution in [0.15, 0.2) is 24.3 Å². The van der Waals surface area contributed by atoms with Gasteiger partial charge in [-0.1, -0.05) is 0 Å². The van der Waals surface area contributed by atoms with Crippen molar-refractivity contribution >= 4 is 5.97 Å². The van der Waals surface area contributed by atoms with E-state index in [9.17, 15) is 4.79 Å². The van der Waals surface area contributed by atoms with Crippen molar-refractivity contribution in [3.05, 3.63) is 29.8 Å². The molecule has 0 amide bonds. The fourth-order valence-electron chi connectivity index (χ4n) is 1.50. The van der Waals surface area contributed by atoms with Crippen LogP contribution < -0.4 is 4.74 Å². The van der Waals surface area contributed by atoms with Crippen molar-refractivity contribution in [3.63, 3.8) is 0 Å². The Bertz CT molecular complexity index is 390. The average molecular weight is 266 g/mol. The second kappa shape index (κ2) is 7.76. The second-order valence-electron chi connectivity index (χ2n) is 4.78. The van der Waals surface area contributed by atoms with Crippen molar-refractivity contribution in [2.45, 2.75) is 0 Å². The molecule has 0 bridgehead atoms. The van der Waals surface area contributed by atoms with E-state index in [-0.39, 0.29) is 5.56 Å². The molecule has 0 saturated heterocycles. The highest BCUT2D eigenvalue weighted by molar-refractivity contribution is 5.87. The zero-order valence-electron chi connectivity index (χ0n) is 11.8. The van der Waals surface area contributed by atoms with Gasteiger partial charge in [0, 0.05) is 19.6 Å². The molecule has 106 valence electrons. The van der Waals surface area contributed by atoms with Gasteiger partial charge in [0.2, 0.25) is 0 Å². The van der Waals surface area contributed by atoms with Gasteiger partial charge in [-0.15, -0.1) is 0 Å². The number of hydrogen-bond donors (Lipinski definition) is 1. The molecule has 1 rings (SSSR count). The number of carbonyl (C=O) groups is 1. The number of aromatic carboxylic acids is 1. The molecule has 1 aromatic rings. The van der Waals surface area contributed by atoms with E-state index < -0.39 is 5.97 Å². The summed E-state index contributed by atoms with van der Waals surface area (Å²) in [5.74, 6) is -0.221. The molecule has 0 radical (unpaired) electrons. The number of ether oxygens (including phenoxy) is 1. The molecule has 0 aliphatic carbocycles. The van der Waals surface area contributed by atoms with Crippen LogP contribution in [0.4, 0.5) is 0 Å². The predicted octanol–water partition coefficient (Wildman–Crippen LogP) is 1.26. The number of rotatable bonds is 8. The summed E-state index contributed by atoms with van der Waals surface area (Å²) in [4.78, 5) is 15.0. The molecular formula is C14H22N2O3. The van der Waals surface area contributed by atoms with Gasteiger partial charge in [0.05, 0.1) is 5.56 Å². The molecule has 0 saturated carbocycles. The average Bonchev–Trinajstić information content (AvgIpc) is 2.37. The Morgan fingerprint density at radius 3 is 2.26 bits per heavy atom. The van der Waals surface area contributed by atoms with Crippen LogP contribution in [0.1, 0.15) is 10.4 Å². The van der Waals surface area contributed by atoms with Crippen LogP contribution in [-0.2, 0) is 0 Å².